The first-order valence-electron chi connectivity index (χ1n) is 9.07. The zero-order valence-corrected chi connectivity index (χ0v) is 15.0. The summed E-state index contributed by atoms with van der Waals surface area (Å²) in [5.74, 6) is -18.8. The minimum absolute atomic E-state index is 0.212. The Kier molecular flexibility index (Phi) is 3.94. The van der Waals surface area contributed by atoms with Gasteiger partial charge in [-0.15, -0.1) is 0 Å². The molecule has 4 saturated carbocycles. The maximum Gasteiger partial charge on any atom is 0.328 e. The number of epoxide rings is 2. The minimum Gasteiger partial charge on any atom is -0.371 e. The van der Waals surface area contributed by atoms with Gasteiger partial charge in [0.15, 0.2) is 18.5 Å². The lowest BCUT2D eigenvalue weighted by Crippen LogP contribution is -3.05. The Labute approximate surface area is 165 Å². The van der Waals surface area contributed by atoms with Gasteiger partial charge in [0.25, 0.3) is 5.60 Å². The van der Waals surface area contributed by atoms with Crippen LogP contribution in [0.25, 0.3) is 0 Å². The molecule has 15 heteroatoms. The summed E-state index contributed by atoms with van der Waals surface area (Å²) in [6.07, 6.45) is -16.4. The number of halogens is 11. The van der Waals surface area contributed by atoms with Crippen molar-refractivity contribution < 1.29 is 67.2 Å². The van der Waals surface area contributed by atoms with E-state index in [0.29, 0.717) is 0 Å². The number of hydrogen-bond donors (Lipinski definition) is 0. The molecule has 4 aliphatic carbocycles. The molecule has 0 N–H and O–H groups in total. The van der Waals surface area contributed by atoms with E-state index in [1.807, 2.05) is 0 Å². The van der Waals surface area contributed by atoms with Gasteiger partial charge in [0, 0.05) is 0 Å². The fraction of sp³-hybridized carbons (Fsp3) is 1.00. The number of ether oxygens (including phenoxy) is 4. The summed E-state index contributed by atoms with van der Waals surface area (Å²) in [5.41, 5.74) is -22.0. The van der Waals surface area contributed by atoms with Crippen LogP contribution in [0.4, 0.5) is 48.3 Å². The Bertz CT molecular complexity index is 766. The lowest BCUT2D eigenvalue weighted by atomic mass is 9.42. The minimum atomic E-state index is -6.36. The second-order valence-electron chi connectivity index (χ2n) is 8.35. The SMILES string of the molecule is FC1C2(F)C(F)C3(OCC4CO4)C(F)C1(F)C(F)(F)C(OCC1CO1)(C2(F)F)C3(F)F. The molecule has 2 heterocycles. The summed E-state index contributed by atoms with van der Waals surface area (Å²) < 4.78 is 184. The zero-order valence-electron chi connectivity index (χ0n) is 15.0. The highest BCUT2D eigenvalue weighted by Gasteiger charge is 3.11. The molecule has 6 unspecified atom stereocenters. The Morgan fingerprint density at radius 1 is 0.613 bits per heavy atom. The molecule has 2 saturated heterocycles. The second kappa shape index (κ2) is 5.58. The smallest absolute Gasteiger partial charge is 0.328 e. The van der Waals surface area contributed by atoms with E-state index in [2.05, 4.69) is 18.9 Å². The normalized spacial score (nSPS) is 57.2. The van der Waals surface area contributed by atoms with Crippen LogP contribution in [0.3, 0.4) is 0 Å². The molecule has 0 aromatic heterocycles. The van der Waals surface area contributed by atoms with E-state index in [1.54, 1.807) is 0 Å². The van der Waals surface area contributed by atoms with Crippen molar-refractivity contribution in [1.29, 1.82) is 0 Å². The number of alkyl halides is 11. The fourth-order valence-corrected chi connectivity index (χ4v) is 4.96. The van der Waals surface area contributed by atoms with Gasteiger partial charge in [-0.2, -0.15) is 26.3 Å². The molecular weight excluding hydrogens is 465 g/mol. The fourth-order valence-electron chi connectivity index (χ4n) is 4.96. The molecule has 6 aliphatic rings. The molecule has 2 aliphatic heterocycles. The van der Waals surface area contributed by atoms with Crippen LogP contribution in [0.15, 0.2) is 0 Å². The first-order valence-corrected chi connectivity index (χ1v) is 9.07. The molecule has 4 bridgehead atoms. The number of hydrogen-bond acceptors (Lipinski definition) is 4. The van der Waals surface area contributed by atoms with Crippen molar-refractivity contribution in [3.63, 3.8) is 0 Å². The Morgan fingerprint density at radius 2 is 1.00 bits per heavy atom. The van der Waals surface area contributed by atoms with Gasteiger partial charge in [0.2, 0.25) is 16.9 Å². The van der Waals surface area contributed by atoms with Crippen molar-refractivity contribution in [2.24, 2.45) is 0 Å². The van der Waals surface area contributed by atoms with E-state index < -0.39 is 84.2 Å². The predicted molar refractivity (Wildman–Crippen MR) is 74.1 cm³/mol. The average molecular weight is 478 g/mol. The van der Waals surface area contributed by atoms with Gasteiger partial charge < -0.3 is 18.9 Å². The lowest BCUT2D eigenvalue weighted by molar-refractivity contribution is -0.551. The summed E-state index contributed by atoms with van der Waals surface area (Å²) in [4.78, 5) is 0. The van der Waals surface area contributed by atoms with Crippen molar-refractivity contribution in [2.45, 2.75) is 71.0 Å². The number of rotatable bonds is 6. The van der Waals surface area contributed by atoms with Crippen LogP contribution in [0, 0.1) is 0 Å². The Hall–Kier alpha value is -0.930. The van der Waals surface area contributed by atoms with Gasteiger partial charge in [-0.3, -0.25) is 0 Å². The summed E-state index contributed by atoms with van der Waals surface area (Å²) in [5, 5.41) is 0. The van der Waals surface area contributed by atoms with Crippen molar-refractivity contribution >= 4 is 0 Å². The van der Waals surface area contributed by atoms with Gasteiger partial charge in [0.05, 0.1) is 26.4 Å². The third kappa shape index (κ3) is 1.86. The monoisotopic (exact) mass is 478 g/mol. The van der Waals surface area contributed by atoms with Gasteiger partial charge in [0.1, 0.15) is 12.2 Å². The second-order valence-corrected chi connectivity index (χ2v) is 8.35. The van der Waals surface area contributed by atoms with Crippen LogP contribution in [-0.2, 0) is 18.9 Å². The molecule has 6 atom stereocenters. The van der Waals surface area contributed by atoms with Crippen molar-refractivity contribution in [1.82, 2.24) is 0 Å². The topological polar surface area (TPSA) is 43.5 Å². The summed E-state index contributed by atoms with van der Waals surface area (Å²) in [6.45, 7) is -3.20. The molecule has 0 radical (unpaired) electrons. The van der Waals surface area contributed by atoms with Crippen LogP contribution in [0.1, 0.15) is 0 Å². The van der Waals surface area contributed by atoms with E-state index in [4.69, 9.17) is 0 Å². The highest BCUT2D eigenvalue weighted by atomic mass is 19.3. The maximum absolute atomic E-state index is 15.5. The van der Waals surface area contributed by atoms with Crippen LogP contribution >= 0.6 is 0 Å². The molecule has 31 heavy (non-hydrogen) atoms. The van der Waals surface area contributed by atoms with Gasteiger partial charge in [-0.1, -0.05) is 0 Å². The highest BCUT2D eigenvalue weighted by Crippen LogP contribution is 2.80. The molecule has 6 rings (SSSR count). The largest absolute Gasteiger partial charge is 0.371 e. The molecule has 6 fully saturated rings. The molecule has 178 valence electrons. The quantitative estimate of drug-likeness (QED) is 0.435. The maximum atomic E-state index is 15.5. The van der Waals surface area contributed by atoms with E-state index in [0.717, 1.165) is 0 Å². The Balaban J connectivity index is 1.79. The molecule has 4 nitrogen and oxygen atoms in total. The summed E-state index contributed by atoms with van der Waals surface area (Å²) in [7, 11) is 0. The van der Waals surface area contributed by atoms with Crippen molar-refractivity contribution in [2.75, 3.05) is 26.4 Å². The highest BCUT2D eigenvalue weighted by molar-refractivity contribution is 5.49. The van der Waals surface area contributed by atoms with E-state index in [9.17, 15) is 4.39 Å². The molecule has 0 spiro atoms. The summed E-state index contributed by atoms with van der Waals surface area (Å²) in [6, 6.07) is 0. The van der Waals surface area contributed by atoms with Gasteiger partial charge in [-0.05, 0) is 0 Å². The molecule has 0 aromatic carbocycles. The van der Waals surface area contributed by atoms with E-state index in [-0.39, 0.29) is 13.2 Å². The van der Waals surface area contributed by atoms with Crippen molar-refractivity contribution in [3.05, 3.63) is 0 Å². The standard InChI is InChI=1S/C16H13F11O4/c17-7-10(20)8(18)12(30-3-5-1-28-5)9(19)11(7,21)15(24,25)13(14(10,22)23,16(12,26)27)31-4-6-2-29-6/h5-9H,1-4H2. The van der Waals surface area contributed by atoms with Crippen LogP contribution in [-0.4, -0.2) is 97.5 Å². The summed E-state index contributed by atoms with van der Waals surface area (Å²) >= 11 is 0. The first kappa shape index (κ1) is 21.9. The zero-order chi connectivity index (χ0) is 23.0. The molecule has 0 amide bonds. The van der Waals surface area contributed by atoms with Crippen LogP contribution < -0.4 is 0 Å². The van der Waals surface area contributed by atoms with Gasteiger partial charge in [-0.25, -0.2) is 22.0 Å². The van der Waals surface area contributed by atoms with Crippen LogP contribution in [0.5, 0.6) is 0 Å². The first-order chi connectivity index (χ1) is 14.1. The van der Waals surface area contributed by atoms with E-state index >= 15 is 43.9 Å². The lowest BCUT2D eigenvalue weighted by Gasteiger charge is -2.73. The third-order valence-electron chi connectivity index (χ3n) is 6.81. The molecular formula is C16H13F11O4. The Morgan fingerprint density at radius 3 is 1.39 bits per heavy atom. The molecule has 0 aromatic rings. The van der Waals surface area contributed by atoms with Crippen LogP contribution in [0.2, 0.25) is 0 Å². The van der Waals surface area contributed by atoms with Gasteiger partial charge >= 0.3 is 17.8 Å². The third-order valence-corrected chi connectivity index (χ3v) is 6.81. The van der Waals surface area contributed by atoms with E-state index in [1.165, 1.54) is 0 Å². The average Bonchev–Trinajstić information content (AvgIpc) is 3.57. The predicted octanol–water partition coefficient (Wildman–Crippen LogP) is 2.67. The van der Waals surface area contributed by atoms with Crippen molar-refractivity contribution in [3.8, 4) is 0 Å².